The quantitative estimate of drug-likeness (QED) is 0.649. The van der Waals surface area contributed by atoms with Crippen molar-refractivity contribution in [2.24, 2.45) is 0 Å². The summed E-state index contributed by atoms with van der Waals surface area (Å²) in [6.45, 7) is 14.5. The second kappa shape index (κ2) is 7.74. The molecule has 3 rings (SSSR count). The Kier molecular flexibility index (Phi) is 5.22. The summed E-state index contributed by atoms with van der Waals surface area (Å²) in [6.07, 6.45) is 0. The molecule has 132 valence electrons. The molecule has 0 saturated carbocycles. The number of aromatic nitrogens is 4. The molecule has 0 amide bonds. The maximum atomic E-state index is 13.1. The maximum Gasteiger partial charge on any atom is 0.344 e. The normalized spacial score (nSPS) is 13.5. The summed E-state index contributed by atoms with van der Waals surface area (Å²) in [7, 11) is 0. The number of rotatable bonds is 3. The zero-order valence-corrected chi connectivity index (χ0v) is 14.8. The van der Waals surface area contributed by atoms with Gasteiger partial charge in [-0.2, -0.15) is 4.98 Å². The van der Waals surface area contributed by atoms with Crippen LogP contribution in [0.5, 0.6) is 0 Å². The molecule has 0 bridgehead atoms. The van der Waals surface area contributed by atoms with Crippen molar-refractivity contribution in [1.82, 2.24) is 24.4 Å². The van der Waals surface area contributed by atoms with E-state index in [1.807, 2.05) is 0 Å². The smallest absolute Gasteiger partial charge is 0.344 e. The Morgan fingerprint density at radius 1 is 1.12 bits per heavy atom. The van der Waals surface area contributed by atoms with Gasteiger partial charge < -0.3 is 15.1 Å². The second-order valence-corrected chi connectivity index (χ2v) is 5.68. The number of fused-ring (bicyclic) bond motifs is 1. The highest BCUT2D eigenvalue weighted by Gasteiger charge is 2.25. The van der Waals surface area contributed by atoms with Crippen molar-refractivity contribution >= 4 is 23.1 Å². The zero-order chi connectivity index (χ0) is 18.5. The lowest BCUT2D eigenvalue weighted by Gasteiger charge is -2.28. The van der Waals surface area contributed by atoms with E-state index >= 15 is 0 Å². The van der Waals surface area contributed by atoms with Gasteiger partial charge in [-0.05, 0) is 13.8 Å². The van der Waals surface area contributed by atoms with Gasteiger partial charge in [-0.3, -0.25) is 4.57 Å². The first kappa shape index (κ1) is 17.5. The van der Waals surface area contributed by atoms with Crippen LogP contribution >= 0.6 is 0 Å². The first-order valence-corrected chi connectivity index (χ1v) is 8.34. The molecule has 8 nitrogen and oxygen atoms in total. The van der Waals surface area contributed by atoms with Crippen LogP contribution < -0.4 is 15.8 Å². The van der Waals surface area contributed by atoms with Crippen molar-refractivity contribution in [3.05, 3.63) is 21.8 Å². The third-order valence-electron chi connectivity index (χ3n) is 4.15. The molecule has 8 heteroatoms. The summed E-state index contributed by atoms with van der Waals surface area (Å²) < 4.78 is 3.10. The van der Waals surface area contributed by atoms with Gasteiger partial charge in [0, 0.05) is 26.2 Å². The monoisotopic (exact) mass is 349 g/mol. The fraction of sp³-hybridized carbons (Fsp3) is 0.444. The van der Waals surface area contributed by atoms with E-state index in [9.17, 15) is 4.79 Å². The van der Waals surface area contributed by atoms with E-state index in [-0.39, 0.29) is 23.7 Å². The number of nitrogens with zero attached hydrogens (tertiary/aromatic N) is 6. The molecule has 0 aliphatic carbocycles. The number of imidazole rings is 1. The summed E-state index contributed by atoms with van der Waals surface area (Å²) in [6, 6.07) is 0. The Morgan fingerprint density at radius 3 is 2.38 bits per heavy atom. The molecule has 2 aromatic heterocycles. The van der Waals surface area contributed by atoms with Gasteiger partial charge >= 0.3 is 11.5 Å². The fourth-order valence-corrected chi connectivity index (χ4v) is 2.89. The summed E-state index contributed by atoms with van der Waals surface area (Å²) in [5, 5.41) is 3.30. The lowest BCUT2D eigenvalue weighted by molar-refractivity contribution is 0.573. The van der Waals surface area contributed by atoms with Crippen molar-refractivity contribution in [3.63, 3.8) is 0 Å². The van der Waals surface area contributed by atoms with Crippen molar-refractivity contribution in [1.29, 1.82) is 0 Å². The van der Waals surface area contributed by atoms with Gasteiger partial charge in [-0.15, -0.1) is 23.4 Å². The molecule has 1 N–H and O–H groups in total. The zero-order valence-electron chi connectivity index (χ0n) is 14.8. The number of anilines is 1. The molecular weight excluding hydrogens is 330 g/mol. The summed E-state index contributed by atoms with van der Waals surface area (Å²) in [5.41, 5.74) is 0.343. The van der Waals surface area contributed by atoms with Crippen LogP contribution in [0, 0.1) is 30.3 Å². The number of hydrogen-bond acceptors (Lipinski definition) is 5. The van der Waals surface area contributed by atoms with E-state index in [2.05, 4.69) is 48.7 Å². The van der Waals surface area contributed by atoms with E-state index in [0.29, 0.717) is 18.0 Å². The van der Waals surface area contributed by atoms with Crippen LogP contribution in [0.3, 0.4) is 0 Å². The van der Waals surface area contributed by atoms with Crippen LogP contribution in [-0.4, -0.2) is 45.3 Å². The van der Waals surface area contributed by atoms with Gasteiger partial charge in [0.1, 0.15) is 6.54 Å². The average molecular weight is 349 g/mol. The summed E-state index contributed by atoms with van der Waals surface area (Å²) in [4.78, 5) is 27.4. The minimum atomic E-state index is -0.310. The Bertz CT molecular complexity index is 1040. The standard InChI is InChI=1S/C18H19N7O/c1-4-6-10-24-14-15(22-18(24)23-12-8-20-9-13-23)21-17(19-3)25(16(14)26)11-7-5-2/h20H,8-13H2,1-2H3. The van der Waals surface area contributed by atoms with Gasteiger partial charge in [0.05, 0.1) is 6.54 Å². The van der Waals surface area contributed by atoms with Crippen LogP contribution in [0.1, 0.15) is 13.8 Å². The molecule has 0 radical (unpaired) electrons. The predicted molar refractivity (Wildman–Crippen MR) is 100 cm³/mol. The molecule has 26 heavy (non-hydrogen) atoms. The molecule has 0 unspecified atom stereocenters. The molecule has 2 aromatic rings. The molecule has 1 aliphatic rings. The average Bonchev–Trinajstić information content (AvgIpc) is 3.04. The third kappa shape index (κ3) is 3.13. The van der Waals surface area contributed by atoms with Gasteiger partial charge in [0.2, 0.25) is 11.6 Å². The van der Waals surface area contributed by atoms with Crippen molar-refractivity contribution in [3.8, 4) is 23.7 Å². The highest BCUT2D eigenvalue weighted by Crippen LogP contribution is 2.21. The first-order chi connectivity index (χ1) is 12.7. The Balaban J connectivity index is 2.26. The molecule has 1 fully saturated rings. The lowest BCUT2D eigenvalue weighted by atomic mass is 10.4. The third-order valence-corrected chi connectivity index (χ3v) is 4.15. The lowest BCUT2D eigenvalue weighted by Crippen LogP contribution is -2.44. The number of nitrogens with one attached hydrogen (secondary N) is 1. The summed E-state index contributed by atoms with van der Waals surface area (Å²) in [5.74, 6) is 12.1. The van der Waals surface area contributed by atoms with Crippen LogP contribution in [0.4, 0.5) is 11.9 Å². The second-order valence-electron chi connectivity index (χ2n) is 5.68. The molecule has 1 aliphatic heterocycles. The SMILES string of the molecule is [C-]#[N+]c1nc2nc(N3CCNCC3)n(CC#CC)c2c(=O)n1CC#CC. The van der Waals surface area contributed by atoms with Crippen molar-refractivity contribution in [2.75, 3.05) is 31.1 Å². The topological polar surface area (TPSA) is 72.3 Å². The highest BCUT2D eigenvalue weighted by atomic mass is 16.1. The van der Waals surface area contributed by atoms with Crippen LogP contribution in [0.15, 0.2) is 4.79 Å². The highest BCUT2D eigenvalue weighted by molar-refractivity contribution is 5.76. The van der Waals surface area contributed by atoms with Gasteiger partial charge in [-0.25, -0.2) is 9.36 Å². The summed E-state index contributed by atoms with van der Waals surface area (Å²) >= 11 is 0. The van der Waals surface area contributed by atoms with Crippen LogP contribution in [0.25, 0.3) is 16.0 Å². The van der Waals surface area contributed by atoms with Crippen molar-refractivity contribution in [2.45, 2.75) is 26.9 Å². The fourth-order valence-electron chi connectivity index (χ4n) is 2.89. The van der Waals surface area contributed by atoms with Gasteiger partial charge in [0.15, 0.2) is 5.52 Å². The van der Waals surface area contributed by atoms with E-state index < -0.39 is 0 Å². The van der Waals surface area contributed by atoms with E-state index in [1.165, 1.54) is 4.57 Å². The largest absolute Gasteiger partial charge is 0.396 e. The number of hydrogen-bond donors (Lipinski definition) is 1. The minimum Gasteiger partial charge on any atom is -0.396 e. The van der Waals surface area contributed by atoms with Crippen LogP contribution in [0.2, 0.25) is 0 Å². The first-order valence-electron chi connectivity index (χ1n) is 8.34. The maximum absolute atomic E-state index is 13.1. The Morgan fingerprint density at radius 2 is 1.77 bits per heavy atom. The van der Waals surface area contributed by atoms with Gasteiger partial charge in [0.25, 0.3) is 0 Å². The predicted octanol–water partition coefficient (Wildman–Crippen LogP) is 0.600. The van der Waals surface area contributed by atoms with E-state index in [1.54, 1.807) is 18.4 Å². The minimum absolute atomic E-state index is 0.00309. The molecule has 1 saturated heterocycles. The van der Waals surface area contributed by atoms with Crippen LogP contribution in [-0.2, 0) is 13.1 Å². The van der Waals surface area contributed by atoms with E-state index in [0.717, 1.165) is 26.2 Å². The molecule has 3 heterocycles. The number of piperazine rings is 1. The van der Waals surface area contributed by atoms with Crippen molar-refractivity contribution < 1.29 is 0 Å². The van der Waals surface area contributed by atoms with Gasteiger partial charge in [-0.1, -0.05) is 11.8 Å². The molecule has 0 spiro atoms. The Hall–Kier alpha value is -3.28. The molecule has 0 atom stereocenters. The van der Waals surface area contributed by atoms with E-state index in [4.69, 9.17) is 6.57 Å². The molecule has 0 aromatic carbocycles. The Labute approximate surface area is 151 Å². The molecular formula is C18H19N7O.